The van der Waals surface area contributed by atoms with Crippen LogP contribution >= 0.6 is 11.3 Å². The van der Waals surface area contributed by atoms with Gasteiger partial charge in [0.25, 0.3) is 0 Å². The van der Waals surface area contributed by atoms with Crippen molar-refractivity contribution in [3.8, 4) is 0 Å². The molecule has 0 amide bonds. The van der Waals surface area contributed by atoms with Crippen LogP contribution in [0.2, 0.25) is 0 Å². The van der Waals surface area contributed by atoms with Crippen LogP contribution in [-0.4, -0.2) is 16.2 Å². The Morgan fingerprint density at radius 2 is 2.50 bits per heavy atom. The van der Waals surface area contributed by atoms with E-state index in [1.54, 1.807) is 11.3 Å². The van der Waals surface area contributed by atoms with E-state index in [0.717, 1.165) is 16.3 Å². The van der Waals surface area contributed by atoms with Gasteiger partial charge < -0.3 is 5.11 Å². The zero-order valence-corrected chi connectivity index (χ0v) is 8.19. The molecule has 2 nitrogen and oxygen atoms in total. The highest BCUT2D eigenvalue weighted by Crippen LogP contribution is 2.13. The Balaban J connectivity index is 2.58. The van der Waals surface area contributed by atoms with Gasteiger partial charge in [-0.15, -0.1) is 11.3 Å². The second-order valence-electron chi connectivity index (χ2n) is 2.95. The summed E-state index contributed by atoms with van der Waals surface area (Å²) < 4.78 is 0. The van der Waals surface area contributed by atoms with Crippen molar-refractivity contribution in [1.82, 2.24) is 4.98 Å². The Hall–Kier alpha value is -0.670. The molecule has 0 bridgehead atoms. The number of hydrogen-bond donors (Lipinski definition) is 1. The molecule has 1 heterocycles. The fourth-order valence-corrected chi connectivity index (χ4v) is 1.65. The van der Waals surface area contributed by atoms with E-state index >= 15 is 0 Å². The molecule has 1 rings (SSSR count). The lowest BCUT2D eigenvalue weighted by Gasteiger charge is -2.06. The quantitative estimate of drug-likeness (QED) is 0.726. The maximum absolute atomic E-state index is 9.46. The van der Waals surface area contributed by atoms with E-state index in [9.17, 15) is 5.11 Å². The number of aryl methyl sites for hydroxylation is 1. The van der Waals surface area contributed by atoms with Crippen molar-refractivity contribution in [3.63, 3.8) is 0 Å². The Labute approximate surface area is 76.6 Å². The summed E-state index contributed by atoms with van der Waals surface area (Å²) >= 11 is 1.58. The molecule has 12 heavy (non-hydrogen) atoms. The molecule has 1 aromatic rings. The molecule has 1 N–H and O–H groups in total. The molecule has 1 unspecified atom stereocenters. The normalized spacial score (nSPS) is 12.9. The van der Waals surface area contributed by atoms with Crippen LogP contribution in [0.1, 0.15) is 17.6 Å². The topological polar surface area (TPSA) is 33.1 Å². The lowest BCUT2D eigenvalue weighted by Crippen LogP contribution is -2.10. The zero-order valence-electron chi connectivity index (χ0n) is 7.37. The molecular weight excluding hydrogens is 170 g/mol. The number of thiazole rings is 1. The van der Waals surface area contributed by atoms with Gasteiger partial charge in [0.15, 0.2) is 0 Å². The number of hydrogen-bond acceptors (Lipinski definition) is 3. The maximum atomic E-state index is 9.46. The predicted molar refractivity (Wildman–Crippen MR) is 51.4 cm³/mol. The van der Waals surface area contributed by atoms with E-state index in [-0.39, 0.29) is 0 Å². The number of rotatable bonds is 3. The van der Waals surface area contributed by atoms with Crippen LogP contribution in [0.15, 0.2) is 17.5 Å². The minimum Gasteiger partial charge on any atom is -0.388 e. The molecule has 0 fully saturated rings. The summed E-state index contributed by atoms with van der Waals surface area (Å²) in [5, 5.41) is 12.4. The summed E-state index contributed by atoms with van der Waals surface area (Å²) in [5.41, 5.74) is 1.81. The molecule has 1 aromatic heterocycles. The molecule has 1 atom stereocenters. The molecule has 0 spiro atoms. The fourth-order valence-electron chi connectivity index (χ4n) is 0.836. The third kappa shape index (κ3) is 2.43. The van der Waals surface area contributed by atoms with E-state index in [1.165, 1.54) is 0 Å². The predicted octanol–water partition coefficient (Wildman–Crippen LogP) is 1.93. The van der Waals surface area contributed by atoms with Crippen LogP contribution in [0.4, 0.5) is 0 Å². The molecule has 0 aliphatic rings. The number of aliphatic hydroxyl groups excluding tert-OH is 1. The molecular formula is C9H13NOS. The van der Waals surface area contributed by atoms with Crippen molar-refractivity contribution in [3.05, 3.63) is 28.2 Å². The van der Waals surface area contributed by atoms with Gasteiger partial charge in [-0.3, -0.25) is 0 Å². The molecule has 0 radical (unpaired) electrons. The maximum Gasteiger partial charge on any atom is 0.0957 e. The van der Waals surface area contributed by atoms with Crippen molar-refractivity contribution in [2.24, 2.45) is 0 Å². The fraction of sp³-hybridized carbons (Fsp3) is 0.444. The summed E-state index contributed by atoms with van der Waals surface area (Å²) in [5.74, 6) is 0. The molecule has 0 saturated heterocycles. The monoisotopic (exact) mass is 183 g/mol. The zero-order chi connectivity index (χ0) is 9.14. The van der Waals surface area contributed by atoms with E-state index < -0.39 is 6.10 Å². The van der Waals surface area contributed by atoms with Crippen molar-refractivity contribution >= 4 is 11.3 Å². The van der Waals surface area contributed by atoms with Gasteiger partial charge in [-0.2, -0.15) is 0 Å². The van der Waals surface area contributed by atoms with Crippen LogP contribution in [0.25, 0.3) is 0 Å². The van der Waals surface area contributed by atoms with Crippen LogP contribution in [0.5, 0.6) is 0 Å². The summed E-state index contributed by atoms with van der Waals surface area (Å²) in [4.78, 5) is 4.25. The van der Waals surface area contributed by atoms with Crippen LogP contribution in [-0.2, 0) is 6.42 Å². The van der Waals surface area contributed by atoms with Gasteiger partial charge in [-0.1, -0.05) is 12.2 Å². The Morgan fingerprint density at radius 1 is 1.83 bits per heavy atom. The lowest BCUT2D eigenvalue weighted by molar-refractivity contribution is 0.212. The van der Waals surface area contributed by atoms with Gasteiger partial charge in [0, 0.05) is 17.5 Å². The van der Waals surface area contributed by atoms with E-state index in [4.69, 9.17) is 0 Å². The minimum absolute atomic E-state index is 0.449. The largest absolute Gasteiger partial charge is 0.388 e. The second-order valence-corrected chi connectivity index (χ2v) is 3.89. The van der Waals surface area contributed by atoms with E-state index in [1.807, 2.05) is 19.2 Å². The van der Waals surface area contributed by atoms with Crippen LogP contribution in [0, 0.1) is 6.92 Å². The van der Waals surface area contributed by atoms with Gasteiger partial charge in [0.1, 0.15) is 0 Å². The second kappa shape index (κ2) is 3.83. The first kappa shape index (κ1) is 9.42. The molecule has 0 saturated carbocycles. The number of nitrogens with zero attached hydrogens (tertiary/aromatic N) is 1. The summed E-state index contributed by atoms with van der Waals surface area (Å²) in [6.07, 6.45) is 0.143. The number of aliphatic hydroxyl groups is 1. The number of aromatic nitrogens is 1. The van der Waals surface area contributed by atoms with Gasteiger partial charge in [0.2, 0.25) is 0 Å². The molecule has 0 aliphatic carbocycles. The van der Waals surface area contributed by atoms with Gasteiger partial charge in [-0.25, -0.2) is 4.98 Å². The Bertz CT molecular complexity index is 280. The molecule has 66 valence electrons. The van der Waals surface area contributed by atoms with Gasteiger partial charge >= 0.3 is 0 Å². The van der Waals surface area contributed by atoms with Gasteiger partial charge in [-0.05, 0) is 13.8 Å². The first-order valence-corrected chi connectivity index (χ1v) is 4.72. The lowest BCUT2D eigenvalue weighted by atomic mass is 10.1. The first-order valence-electron chi connectivity index (χ1n) is 3.84. The third-order valence-corrected chi connectivity index (χ3v) is 2.59. The highest BCUT2D eigenvalue weighted by Gasteiger charge is 2.07. The van der Waals surface area contributed by atoms with Gasteiger partial charge in [0.05, 0.1) is 11.1 Å². The van der Waals surface area contributed by atoms with E-state index in [2.05, 4.69) is 11.6 Å². The highest BCUT2D eigenvalue weighted by molar-refractivity contribution is 7.09. The highest BCUT2D eigenvalue weighted by atomic mass is 32.1. The smallest absolute Gasteiger partial charge is 0.0957 e. The first-order chi connectivity index (χ1) is 5.59. The Kier molecular flexibility index (Phi) is 3.00. The van der Waals surface area contributed by atoms with Crippen molar-refractivity contribution in [2.75, 3.05) is 0 Å². The third-order valence-electron chi connectivity index (χ3n) is 1.60. The average molecular weight is 183 g/mol. The SMILES string of the molecule is C=C(C)C(O)Cc1nc(C)cs1. The summed E-state index contributed by atoms with van der Waals surface area (Å²) in [6, 6.07) is 0. The van der Waals surface area contributed by atoms with Crippen molar-refractivity contribution in [2.45, 2.75) is 26.4 Å². The molecule has 0 aromatic carbocycles. The molecule has 0 aliphatic heterocycles. The van der Waals surface area contributed by atoms with E-state index in [0.29, 0.717) is 6.42 Å². The molecule has 3 heteroatoms. The van der Waals surface area contributed by atoms with Crippen molar-refractivity contribution < 1.29 is 5.11 Å². The Morgan fingerprint density at radius 3 is 2.92 bits per heavy atom. The summed E-state index contributed by atoms with van der Waals surface area (Å²) in [6.45, 7) is 7.46. The van der Waals surface area contributed by atoms with Crippen LogP contribution in [0.3, 0.4) is 0 Å². The van der Waals surface area contributed by atoms with Crippen molar-refractivity contribution in [1.29, 1.82) is 0 Å². The average Bonchev–Trinajstić information content (AvgIpc) is 2.35. The minimum atomic E-state index is -0.449. The summed E-state index contributed by atoms with van der Waals surface area (Å²) in [7, 11) is 0. The van der Waals surface area contributed by atoms with Crippen LogP contribution < -0.4 is 0 Å². The standard InChI is InChI=1S/C9H13NOS/c1-6(2)8(11)4-9-10-7(3)5-12-9/h5,8,11H,1,4H2,2-3H3.